The molecule has 0 aliphatic heterocycles. The zero-order valence-corrected chi connectivity index (χ0v) is 7.39. The first-order chi connectivity index (χ1) is 5.75. The minimum absolute atomic E-state index is 0.0261. The molecule has 1 heterocycles. The Morgan fingerprint density at radius 1 is 1.58 bits per heavy atom. The Labute approximate surface area is 78.0 Å². The van der Waals surface area contributed by atoms with Crippen molar-refractivity contribution >= 4 is 34.3 Å². The molecule has 0 amide bonds. The maximum Gasteiger partial charge on any atom is 0.278 e. The molecule has 0 spiro atoms. The van der Waals surface area contributed by atoms with Crippen LogP contribution in [0, 0.1) is 0 Å². The van der Waals surface area contributed by atoms with E-state index in [0.29, 0.717) is 12.4 Å². The van der Waals surface area contributed by atoms with E-state index < -0.39 is 5.24 Å². The molecule has 0 aliphatic rings. The summed E-state index contributed by atoms with van der Waals surface area (Å²) in [6.07, 6.45) is 0. The monoisotopic (exact) mass is 209 g/mol. The molecule has 0 aliphatic carbocycles. The highest BCUT2D eigenvalue weighted by atomic mass is 35.5. The third-order valence-corrected chi connectivity index (χ3v) is 1.43. The first-order valence-corrected chi connectivity index (χ1v) is 3.99. The Hall–Kier alpha value is -0.810. The van der Waals surface area contributed by atoms with Crippen molar-refractivity contribution in [1.29, 1.82) is 0 Å². The molecule has 1 aromatic rings. The van der Waals surface area contributed by atoms with Crippen LogP contribution in [-0.2, 0) is 0 Å². The lowest BCUT2D eigenvalue weighted by Gasteiger charge is -1.96. The molecule has 1 rings (SSSR count). The Kier molecular flexibility index (Phi) is 3.31. The summed E-state index contributed by atoms with van der Waals surface area (Å²) >= 11 is 10.5. The highest BCUT2D eigenvalue weighted by Gasteiger charge is 2.14. The fraction of sp³-hybridized carbons (Fsp3) is 0.400. The fourth-order valence-corrected chi connectivity index (χ4v) is 0.818. The van der Waals surface area contributed by atoms with E-state index in [1.165, 1.54) is 0 Å². The van der Waals surface area contributed by atoms with Gasteiger partial charge in [0.25, 0.3) is 5.24 Å². The SMILES string of the molecule is O=C(Cl)c1nonc1NCCCl. The van der Waals surface area contributed by atoms with Crippen LogP contribution in [0.25, 0.3) is 0 Å². The summed E-state index contributed by atoms with van der Waals surface area (Å²) in [4.78, 5) is 10.6. The lowest BCUT2D eigenvalue weighted by molar-refractivity contribution is 0.107. The smallest absolute Gasteiger partial charge is 0.278 e. The van der Waals surface area contributed by atoms with Crippen molar-refractivity contribution in [3.05, 3.63) is 5.69 Å². The molecule has 0 radical (unpaired) electrons. The van der Waals surface area contributed by atoms with Crippen LogP contribution >= 0.6 is 23.2 Å². The van der Waals surface area contributed by atoms with Crippen molar-refractivity contribution in [3.8, 4) is 0 Å². The number of aromatic nitrogens is 2. The van der Waals surface area contributed by atoms with Crippen LogP contribution in [0.2, 0.25) is 0 Å². The van der Waals surface area contributed by atoms with Gasteiger partial charge in [-0.25, -0.2) is 4.63 Å². The van der Waals surface area contributed by atoms with E-state index in [1.54, 1.807) is 0 Å². The first-order valence-electron chi connectivity index (χ1n) is 3.08. The van der Waals surface area contributed by atoms with Gasteiger partial charge in [0.2, 0.25) is 11.5 Å². The van der Waals surface area contributed by atoms with E-state index in [2.05, 4.69) is 20.3 Å². The van der Waals surface area contributed by atoms with E-state index in [-0.39, 0.29) is 11.5 Å². The van der Waals surface area contributed by atoms with Gasteiger partial charge in [-0.3, -0.25) is 4.79 Å². The van der Waals surface area contributed by atoms with E-state index in [1.807, 2.05) is 0 Å². The third kappa shape index (κ3) is 2.09. The topological polar surface area (TPSA) is 68.0 Å². The van der Waals surface area contributed by atoms with Crippen molar-refractivity contribution in [1.82, 2.24) is 10.3 Å². The third-order valence-electron chi connectivity index (χ3n) is 1.06. The average Bonchev–Trinajstić information content (AvgIpc) is 2.48. The highest BCUT2D eigenvalue weighted by Crippen LogP contribution is 2.11. The summed E-state index contributed by atoms with van der Waals surface area (Å²) in [5.74, 6) is 0.610. The summed E-state index contributed by atoms with van der Waals surface area (Å²) in [6.45, 7) is 0.465. The Morgan fingerprint density at radius 3 is 2.92 bits per heavy atom. The van der Waals surface area contributed by atoms with Gasteiger partial charge in [0.1, 0.15) is 0 Å². The van der Waals surface area contributed by atoms with Gasteiger partial charge in [0.05, 0.1) is 0 Å². The number of nitrogens with one attached hydrogen (secondary N) is 1. The van der Waals surface area contributed by atoms with Crippen LogP contribution < -0.4 is 5.32 Å². The quantitative estimate of drug-likeness (QED) is 0.595. The second-order valence-corrected chi connectivity index (χ2v) is 2.57. The zero-order chi connectivity index (χ0) is 8.97. The van der Waals surface area contributed by atoms with E-state index in [0.717, 1.165) is 0 Å². The maximum atomic E-state index is 10.6. The van der Waals surface area contributed by atoms with Crippen LogP contribution in [0.3, 0.4) is 0 Å². The van der Waals surface area contributed by atoms with Crippen molar-refractivity contribution in [2.75, 3.05) is 17.7 Å². The van der Waals surface area contributed by atoms with Gasteiger partial charge < -0.3 is 5.32 Å². The second kappa shape index (κ2) is 4.27. The van der Waals surface area contributed by atoms with Crippen molar-refractivity contribution in [2.45, 2.75) is 0 Å². The zero-order valence-electron chi connectivity index (χ0n) is 5.88. The predicted molar refractivity (Wildman–Crippen MR) is 43.7 cm³/mol. The summed E-state index contributed by atoms with van der Waals surface area (Å²) < 4.78 is 4.29. The van der Waals surface area contributed by atoms with Crippen LogP contribution in [0.4, 0.5) is 5.82 Å². The molecule has 66 valence electrons. The van der Waals surface area contributed by atoms with Crippen molar-refractivity contribution < 1.29 is 9.42 Å². The number of nitrogens with zero attached hydrogens (tertiary/aromatic N) is 2. The highest BCUT2D eigenvalue weighted by molar-refractivity contribution is 6.67. The van der Waals surface area contributed by atoms with E-state index in [9.17, 15) is 4.79 Å². The maximum absolute atomic E-state index is 10.6. The van der Waals surface area contributed by atoms with Crippen LogP contribution in [-0.4, -0.2) is 28.0 Å². The fourth-order valence-electron chi connectivity index (χ4n) is 0.599. The number of hydrogen-bond acceptors (Lipinski definition) is 5. The molecule has 0 unspecified atom stereocenters. The summed E-state index contributed by atoms with van der Waals surface area (Å²) in [7, 11) is 0. The minimum Gasteiger partial charge on any atom is -0.364 e. The molecule has 5 nitrogen and oxygen atoms in total. The average molecular weight is 210 g/mol. The van der Waals surface area contributed by atoms with E-state index >= 15 is 0 Å². The van der Waals surface area contributed by atoms with E-state index in [4.69, 9.17) is 23.2 Å². The van der Waals surface area contributed by atoms with Gasteiger partial charge in [-0.15, -0.1) is 11.6 Å². The lowest BCUT2D eigenvalue weighted by Crippen LogP contribution is -2.06. The number of rotatable bonds is 4. The molecule has 1 N–H and O–H groups in total. The second-order valence-electron chi connectivity index (χ2n) is 1.85. The molecule has 12 heavy (non-hydrogen) atoms. The van der Waals surface area contributed by atoms with Crippen molar-refractivity contribution in [3.63, 3.8) is 0 Å². The van der Waals surface area contributed by atoms with Crippen LogP contribution in [0.5, 0.6) is 0 Å². The largest absolute Gasteiger partial charge is 0.364 e. The number of halogens is 2. The molecule has 0 atom stereocenters. The summed E-state index contributed by atoms with van der Waals surface area (Å²) in [5, 5.41) is 8.71. The van der Waals surface area contributed by atoms with Gasteiger partial charge in [-0.1, -0.05) is 0 Å². The van der Waals surface area contributed by atoms with Gasteiger partial charge in [0, 0.05) is 12.4 Å². The number of hydrogen-bond donors (Lipinski definition) is 1. The number of carbonyl (C=O) groups excluding carboxylic acids is 1. The predicted octanol–water partition coefficient (Wildman–Crippen LogP) is 1.10. The molecular weight excluding hydrogens is 205 g/mol. The molecular formula is C5H5Cl2N3O2. The minimum atomic E-state index is -0.715. The number of carbonyl (C=O) groups is 1. The molecule has 1 aromatic heterocycles. The first kappa shape index (κ1) is 9.28. The van der Waals surface area contributed by atoms with Gasteiger partial charge in [-0.2, -0.15) is 0 Å². The standard InChI is InChI=1S/C5H5Cl2N3O2/c6-1-2-8-5-3(4(7)11)9-12-10-5/h1-2H2,(H,8,10). The number of alkyl halides is 1. The Balaban J connectivity index is 2.70. The van der Waals surface area contributed by atoms with Gasteiger partial charge in [0.15, 0.2) is 0 Å². The van der Waals surface area contributed by atoms with Crippen molar-refractivity contribution in [2.24, 2.45) is 0 Å². The Bertz CT molecular complexity index is 275. The molecule has 7 heteroatoms. The summed E-state index contributed by atoms with van der Waals surface area (Å²) in [6, 6.07) is 0. The molecule has 0 saturated carbocycles. The van der Waals surface area contributed by atoms with Crippen LogP contribution in [0.1, 0.15) is 10.5 Å². The Morgan fingerprint density at radius 2 is 2.33 bits per heavy atom. The molecule has 0 aromatic carbocycles. The lowest BCUT2D eigenvalue weighted by atomic mass is 10.4. The normalized spacial score (nSPS) is 9.83. The molecule has 0 saturated heterocycles. The number of anilines is 1. The van der Waals surface area contributed by atoms with Gasteiger partial charge >= 0.3 is 0 Å². The van der Waals surface area contributed by atoms with Gasteiger partial charge in [-0.05, 0) is 21.9 Å². The molecule has 0 bridgehead atoms. The van der Waals surface area contributed by atoms with Crippen LogP contribution in [0.15, 0.2) is 4.63 Å². The summed E-state index contributed by atoms with van der Waals surface area (Å²) in [5.41, 5.74) is -0.0261. The molecule has 0 fully saturated rings.